The number of Topliss-reactive ketones (excluding diaryl/α,β-unsaturated/α-hetero) is 1. The number of carbonyl (C=O) groups is 1. The zero-order valence-electron chi connectivity index (χ0n) is 13.6. The minimum absolute atomic E-state index is 0.208. The van der Waals surface area contributed by atoms with Gasteiger partial charge in [-0.25, -0.2) is 0 Å². The summed E-state index contributed by atoms with van der Waals surface area (Å²) in [4.78, 5) is 15.0. The summed E-state index contributed by atoms with van der Waals surface area (Å²) in [5.41, 5.74) is 2.95. The average molecular weight is 289 g/mol. The van der Waals surface area contributed by atoms with Crippen molar-refractivity contribution in [2.75, 3.05) is 26.2 Å². The Kier molecular flexibility index (Phi) is 5.80. The summed E-state index contributed by atoms with van der Waals surface area (Å²) in [6.45, 7) is 9.95. The van der Waals surface area contributed by atoms with Crippen LogP contribution < -0.4 is 4.74 Å². The van der Waals surface area contributed by atoms with Crippen LogP contribution in [-0.2, 0) is 0 Å². The maximum Gasteiger partial charge on any atom is 0.167 e. The number of nitrogens with zero attached hydrogens (tertiary/aromatic N) is 1. The van der Waals surface area contributed by atoms with Crippen LogP contribution >= 0.6 is 0 Å². The minimum Gasteiger partial charge on any atom is -0.493 e. The molecule has 0 spiro atoms. The molecule has 1 fully saturated rings. The molecule has 3 heteroatoms. The number of ketones is 1. The number of hydrogen-bond donors (Lipinski definition) is 0. The van der Waals surface area contributed by atoms with Crippen molar-refractivity contribution in [1.29, 1.82) is 0 Å². The molecule has 0 unspecified atom stereocenters. The standard InChI is InChI=1S/C18H27NO2/c1-4-11-21-18-15(3)12-14(2)13-16(18)17(20)7-10-19-8-5-6-9-19/h12-13H,4-11H2,1-3H3. The van der Waals surface area contributed by atoms with E-state index in [0.717, 1.165) is 48.5 Å². The first kappa shape index (κ1) is 16.0. The second kappa shape index (κ2) is 7.60. The van der Waals surface area contributed by atoms with Gasteiger partial charge in [0.2, 0.25) is 0 Å². The molecule has 0 atom stereocenters. The smallest absolute Gasteiger partial charge is 0.167 e. The van der Waals surface area contributed by atoms with Crippen molar-refractivity contribution in [1.82, 2.24) is 4.90 Å². The van der Waals surface area contributed by atoms with E-state index in [0.29, 0.717) is 13.0 Å². The molecule has 116 valence electrons. The number of rotatable bonds is 7. The van der Waals surface area contributed by atoms with Gasteiger partial charge in [-0.2, -0.15) is 0 Å². The molecule has 1 aliphatic heterocycles. The van der Waals surface area contributed by atoms with E-state index >= 15 is 0 Å². The first-order valence-electron chi connectivity index (χ1n) is 8.11. The van der Waals surface area contributed by atoms with Crippen LogP contribution in [-0.4, -0.2) is 36.9 Å². The Bertz CT molecular complexity index is 490. The van der Waals surface area contributed by atoms with Gasteiger partial charge >= 0.3 is 0 Å². The summed E-state index contributed by atoms with van der Waals surface area (Å²) in [6.07, 6.45) is 4.07. The lowest BCUT2D eigenvalue weighted by Crippen LogP contribution is -2.23. The van der Waals surface area contributed by atoms with E-state index in [1.54, 1.807) is 0 Å². The largest absolute Gasteiger partial charge is 0.493 e. The zero-order chi connectivity index (χ0) is 15.2. The molecule has 3 nitrogen and oxygen atoms in total. The van der Waals surface area contributed by atoms with E-state index in [4.69, 9.17) is 4.74 Å². The first-order valence-corrected chi connectivity index (χ1v) is 8.11. The van der Waals surface area contributed by atoms with Crippen LogP contribution in [0.3, 0.4) is 0 Å². The van der Waals surface area contributed by atoms with Crippen molar-refractivity contribution in [2.45, 2.75) is 46.5 Å². The average Bonchev–Trinajstić information content (AvgIpc) is 2.96. The fourth-order valence-corrected chi connectivity index (χ4v) is 2.96. The molecule has 1 aliphatic rings. The van der Waals surface area contributed by atoms with E-state index in [9.17, 15) is 4.79 Å². The van der Waals surface area contributed by atoms with Gasteiger partial charge in [0, 0.05) is 13.0 Å². The van der Waals surface area contributed by atoms with Gasteiger partial charge in [0.25, 0.3) is 0 Å². The van der Waals surface area contributed by atoms with Crippen molar-refractivity contribution in [3.63, 3.8) is 0 Å². The van der Waals surface area contributed by atoms with Crippen LogP contribution in [0, 0.1) is 13.8 Å². The first-order chi connectivity index (χ1) is 10.1. The summed E-state index contributed by atoms with van der Waals surface area (Å²) in [5.74, 6) is 0.994. The molecule has 2 rings (SSSR count). The van der Waals surface area contributed by atoms with E-state index in [2.05, 4.69) is 17.9 Å². The summed E-state index contributed by atoms with van der Waals surface area (Å²) in [5, 5.41) is 0. The second-order valence-electron chi connectivity index (χ2n) is 6.03. The maximum atomic E-state index is 12.6. The van der Waals surface area contributed by atoms with Gasteiger partial charge in [0.15, 0.2) is 5.78 Å². The van der Waals surface area contributed by atoms with Crippen molar-refractivity contribution < 1.29 is 9.53 Å². The summed E-state index contributed by atoms with van der Waals surface area (Å²) < 4.78 is 5.83. The van der Waals surface area contributed by atoms with Crippen LogP contribution in [0.4, 0.5) is 0 Å². The van der Waals surface area contributed by atoms with Crippen molar-refractivity contribution in [3.8, 4) is 5.75 Å². The third-order valence-corrected chi connectivity index (χ3v) is 4.02. The van der Waals surface area contributed by atoms with Gasteiger partial charge in [0.05, 0.1) is 12.2 Å². The van der Waals surface area contributed by atoms with E-state index in [1.165, 1.54) is 12.8 Å². The molecule has 1 aromatic carbocycles. The lowest BCUT2D eigenvalue weighted by atomic mass is 10.0. The SMILES string of the molecule is CCCOc1c(C)cc(C)cc1C(=O)CCN1CCCC1. The maximum absolute atomic E-state index is 12.6. The highest BCUT2D eigenvalue weighted by atomic mass is 16.5. The number of hydrogen-bond acceptors (Lipinski definition) is 3. The second-order valence-corrected chi connectivity index (χ2v) is 6.03. The summed E-state index contributed by atoms with van der Waals surface area (Å²) in [7, 11) is 0. The normalized spacial score (nSPS) is 15.4. The molecule has 1 heterocycles. The molecular weight excluding hydrogens is 262 g/mol. The van der Waals surface area contributed by atoms with Crippen LogP contribution in [0.1, 0.15) is 54.1 Å². The Labute approximate surface area is 128 Å². The van der Waals surface area contributed by atoms with Crippen molar-refractivity contribution in [2.24, 2.45) is 0 Å². The molecule has 0 N–H and O–H groups in total. The zero-order valence-corrected chi connectivity index (χ0v) is 13.6. The Morgan fingerprint density at radius 2 is 1.95 bits per heavy atom. The van der Waals surface area contributed by atoms with Gasteiger partial charge in [-0.15, -0.1) is 0 Å². The van der Waals surface area contributed by atoms with Gasteiger partial charge in [-0.1, -0.05) is 13.0 Å². The Morgan fingerprint density at radius 3 is 2.62 bits per heavy atom. The number of ether oxygens (including phenoxy) is 1. The topological polar surface area (TPSA) is 29.5 Å². The fourth-order valence-electron chi connectivity index (χ4n) is 2.96. The van der Waals surface area contributed by atoms with Crippen LogP contribution in [0.5, 0.6) is 5.75 Å². The lowest BCUT2D eigenvalue weighted by Gasteiger charge is -2.16. The molecule has 0 radical (unpaired) electrons. The van der Waals surface area contributed by atoms with E-state index in [-0.39, 0.29) is 5.78 Å². The molecule has 21 heavy (non-hydrogen) atoms. The van der Waals surface area contributed by atoms with Gasteiger partial charge < -0.3 is 9.64 Å². The quantitative estimate of drug-likeness (QED) is 0.716. The Morgan fingerprint density at radius 1 is 1.24 bits per heavy atom. The molecule has 1 aromatic rings. The molecule has 1 saturated heterocycles. The van der Waals surface area contributed by atoms with Crippen LogP contribution in [0.25, 0.3) is 0 Å². The highest BCUT2D eigenvalue weighted by molar-refractivity contribution is 5.99. The van der Waals surface area contributed by atoms with Crippen molar-refractivity contribution in [3.05, 3.63) is 28.8 Å². The van der Waals surface area contributed by atoms with Gasteiger partial charge in [-0.05, 0) is 63.4 Å². The lowest BCUT2D eigenvalue weighted by molar-refractivity contribution is 0.0964. The van der Waals surface area contributed by atoms with Gasteiger partial charge in [-0.3, -0.25) is 4.79 Å². The number of aryl methyl sites for hydroxylation is 2. The predicted molar refractivity (Wildman–Crippen MR) is 86.3 cm³/mol. The molecule has 0 aliphatic carbocycles. The van der Waals surface area contributed by atoms with Crippen LogP contribution in [0.2, 0.25) is 0 Å². The number of benzene rings is 1. The summed E-state index contributed by atoms with van der Waals surface area (Å²) >= 11 is 0. The minimum atomic E-state index is 0.208. The van der Waals surface area contributed by atoms with Crippen molar-refractivity contribution >= 4 is 5.78 Å². The highest BCUT2D eigenvalue weighted by Gasteiger charge is 2.18. The Balaban J connectivity index is 2.09. The molecule has 0 amide bonds. The third-order valence-electron chi connectivity index (χ3n) is 4.02. The number of likely N-dealkylation sites (tertiary alicyclic amines) is 1. The molecular formula is C18H27NO2. The summed E-state index contributed by atoms with van der Waals surface area (Å²) in [6, 6.07) is 4.06. The van der Waals surface area contributed by atoms with Gasteiger partial charge in [0.1, 0.15) is 5.75 Å². The number of carbonyl (C=O) groups excluding carboxylic acids is 1. The monoisotopic (exact) mass is 289 g/mol. The Hall–Kier alpha value is -1.35. The highest BCUT2D eigenvalue weighted by Crippen LogP contribution is 2.27. The molecule has 0 aromatic heterocycles. The molecule has 0 saturated carbocycles. The fraction of sp³-hybridized carbons (Fsp3) is 0.611. The predicted octanol–water partition coefficient (Wildman–Crippen LogP) is 3.76. The van der Waals surface area contributed by atoms with E-state index < -0.39 is 0 Å². The third kappa shape index (κ3) is 4.31. The van der Waals surface area contributed by atoms with E-state index in [1.807, 2.05) is 19.9 Å². The molecule has 0 bridgehead atoms. The van der Waals surface area contributed by atoms with Crippen LogP contribution in [0.15, 0.2) is 12.1 Å².